The molecule has 0 atom stereocenters. The molecule has 1 nitrogen and oxygen atoms in total. The summed E-state index contributed by atoms with van der Waals surface area (Å²) in [7, 11) is 0. The number of thiol groups is 1. The normalized spacial score (nSPS) is 13.4. The molecule has 11 rings (SSSR count). The predicted molar refractivity (Wildman–Crippen MR) is 223 cm³/mol. The van der Waals surface area contributed by atoms with Gasteiger partial charge in [-0.25, -0.2) is 0 Å². The molecule has 1 aliphatic heterocycles. The number of benzene rings is 8. The van der Waals surface area contributed by atoms with Crippen LogP contribution in [0.2, 0.25) is 0 Å². The maximum absolute atomic E-state index is 6.72. The van der Waals surface area contributed by atoms with Gasteiger partial charge < -0.3 is 4.18 Å². The second-order valence-corrected chi connectivity index (χ2v) is 14.8. The van der Waals surface area contributed by atoms with E-state index >= 15 is 0 Å². The van der Waals surface area contributed by atoms with E-state index in [1.165, 1.54) is 71.8 Å². The number of allylic oxidation sites excluding steroid dienone is 3. The van der Waals surface area contributed by atoms with Gasteiger partial charge in [-0.2, -0.15) is 0 Å². The second kappa shape index (κ2) is 11.6. The van der Waals surface area contributed by atoms with Crippen LogP contribution in [0.15, 0.2) is 161 Å². The van der Waals surface area contributed by atoms with E-state index in [0.717, 1.165) is 54.1 Å². The van der Waals surface area contributed by atoms with Gasteiger partial charge in [0.05, 0.1) is 16.9 Å². The van der Waals surface area contributed by atoms with Crippen LogP contribution in [0.5, 0.6) is 0 Å². The van der Waals surface area contributed by atoms with Gasteiger partial charge in [0.15, 0.2) is 0 Å². The van der Waals surface area contributed by atoms with Crippen molar-refractivity contribution < 1.29 is 4.18 Å². The van der Waals surface area contributed by atoms with Gasteiger partial charge in [-0.05, 0) is 124 Å². The molecule has 0 radical (unpaired) electrons. The van der Waals surface area contributed by atoms with Crippen molar-refractivity contribution in [3.05, 3.63) is 175 Å². The molecule has 0 N–H and O–H groups in total. The smallest absolute Gasteiger partial charge is 0.119 e. The molecule has 2 aliphatic rings. The van der Waals surface area contributed by atoms with E-state index in [1.54, 1.807) is 0 Å². The van der Waals surface area contributed by atoms with Gasteiger partial charge in [0.25, 0.3) is 0 Å². The molecule has 3 heteroatoms. The van der Waals surface area contributed by atoms with Gasteiger partial charge >= 0.3 is 0 Å². The van der Waals surface area contributed by atoms with E-state index in [-0.39, 0.29) is 0 Å². The lowest BCUT2D eigenvalue weighted by molar-refractivity contribution is 0.482. The topological polar surface area (TPSA) is 9.23 Å². The third-order valence-corrected chi connectivity index (χ3v) is 12.2. The largest absolute Gasteiger partial charge is 0.425 e. The van der Waals surface area contributed by atoms with Crippen molar-refractivity contribution in [3.63, 3.8) is 0 Å². The summed E-state index contributed by atoms with van der Waals surface area (Å²) in [5, 5.41) is 11.9. The molecule has 9 aromatic rings. The third kappa shape index (κ3) is 4.42. The maximum atomic E-state index is 6.72. The Balaban J connectivity index is 1.34. The highest BCUT2D eigenvalue weighted by molar-refractivity contribution is 7.95. The van der Waals surface area contributed by atoms with Crippen LogP contribution < -0.4 is 0 Å². The number of rotatable bonds is 2. The van der Waals surface area contributed by atoms with Gasteiger partial charge in [0.2, 0.25) is 0 Å². The number of fused-ring (bicyclic) bond motifs is 11. The Morgan fingerprint density at radius 1 is 0.577 bits per heavy atom. The van der Waals surface area contributed by atoms with E-state index in [4.69, 9.17) is 16.8 Å². The van der Waals surface area contributed by atoms with Gasteiger partial charge in [-0.15, -0.1) is 12.6 Å². The minimum atomic E-state index is 0.697. The Kier molecular flexibility index (Phi) is 6.61. The maximum Gasteiger partial charge on any atom is 0.119 e. The molecular weight excluding hydrogens is 669 g/mol. The molecule has 52 heavy (non-hydrogen) atoms. The molecule has 0 saturated heterocycles. The van der Waals surface area contributed by atoms with Crippen molar-refractivity contribution in [2.24, 2.45) is 0 Å². The van der Waals surface area contributed by atoms with Crippen LogP contribution in [-0.4, -0.2) is 0 Å². The Morgan fingerprint density at radius 3 is 2.00 bits per heavy atom. The molecule has 1 aliphatic carbocycles. The average Bonchev–Trinajstić information content (AvgIpc) is 3.42. The first kappa shape index (κ1) is 29.8. The van der Waals surface area contributed by atoms with E-state index in [2.05, 4.69) is 158 Å². The minimum Gasteiger partial charge on any atom is -0.425 e. The third-order valence-electron chi connectivity index (χ3n) is 10.8. The van der Waals surface area contributed by atoms with Crippen molar-refractivity contribution in [1.29, 1.82) is 0 Å². The summed E-state index contributed by atoms with van der Waals surface area (Å²) < 4.78 is 6.72. The average molecular weight is 697 g/mol. The van der Waals surface area contributed by atoms with Gasteiger partial charge in [0.1, 0.15) is 5.76 Å². The summed E-state index contributed by atoms with van der Waals surface area (Å²) in [6.07, 6.45) is 7.18. The standard InChI is InChI=1S/C49H28OS2/c51-48-45(41-24-29-12-1-4-16-33(29)36-19-7-9-21-39(36)41)28-46(42-25-30-13-2-5-17-34(30)37-20-8-10-22-40(37)42)49-47(48)44-26-31-14-3-6-18-35(31)38-23-11-15-32(50-52-49)27-43(38)44/h1-9,11-21,23-26,28,51H,27H2. The van der Waals surface area contributed by atoms with E-state index in [0.29, 0.717) is 6.42 Å². The number of hydrogen-bond acceptors (Lipinski definition) is 3. The summed E-state index contributed by atoms with van der Waals surface area (Å²) >= 11 is 7.01. The molecule has 9 aromatic carbocycles. The number of hydrogen-bond donors (Lipinski definition) is 1. The van der Waals surface area contributed by atoms with Crippen LogP contribution in [0.3, 0.4) is 0 Å². The van der Waals surface area contributed by atoms with Crippen LogP contribution in [-0.2, 0) is 10.6 Å². The van der Waals surface area contributed by atoms with Crippen molar-refractivity contribution in [2.45, 2.75) is 16.2 Å². The summed E-state index contributed by atoms with van der Waals surface area (Å²) in [6, 6.07) is 55.1. The Bertz CT molecular complexity index is 3060. The fraction of sp³-hybridized carbons (Fsp3) is 0.0204. The van der Waals surface area contributed by atoms with Gasteiger partial charge in [0, 0.05) is 27.8 Å². The second-order valence-electron chi connectivity index (χ2n) is 13.6. The Hall–Kier alpha value is -5.92. The van der Waals surface area contributed by atoms with Crippen molar-refractivity contribution in [1.82, 2.24) is 0 Å². The van der Waals surface area contributed by atoms with Crippen molar-refractivity contribution >= 4 is 84.6 Å². The Morgan fingerprint density at radius 2 is 1.21 bits per heavy atom. The lowest BCUT2D eigenvalue weighted by Crippen LogP contribution is -2.04. The highest BCUT2D eigenvalue weighted by Crippen LogP contribution is 2.54. The predicted octanol–water partition coefficient (Wildman–Crippen LogP) is 13.8. The van der Waals surface area contributed by atoms with Crippen LogP contribution >= 0.6 is 24.7 Å². The minimum absolute atomic E-state index is 0.697. The highest BCUT2D eigenvalue weighted by atomic mass is 32.2. The fourth-order valence-electron chi connectivity index (χ4n) is 8.47. The molecule has 0 spiro atoms. The zero-order valence-electron chi connectivity index (χ0n) is 27.9. The first-order valence-corrected chi connectivity index (χ1v) is 18.7. The molecule has 0 aromatic heterocycles. The first-order valence-electron chi connectivity index (χ1n) is 17.5. The van der Waals surface area contributed by atoms with Gasteiger partial charge in [-0.1, -0.05) is 121 Å². The Labute approximate surface area is 311 Å². The lowest BCUT2D eigenvalue weighted by atomic mass is 9.84. The van der Waals surface area contributed by atoms with E-state index < -0.39 is 0 Å². The zero-order chi connectivity index (χ0) is 34.3. The molecule has 1 heterocycles. The SMILES string of the molecule is Sc1c(-c2cc3ccccc3c3ccccc23)cc(-c2cc3ccccc3c3ccc#cc23)c2c1-c1cc3ccccc3c3c1CC(=CC=C3)OS2. The molecular formula is C49H28OS2. The van der Waals surface area contributed by atoms with E-state index in [1.807, 2.05) is 6.07 Å². The summed E-state index contributed by atoms with van der Waals surface area (Å²) in [4.78, 5) is 1.98. The first-order chi connectivity index (χ1) is 25.7. The van der Waals surface area contributed by atoms with Crippen LogP contribution in [0.1, 0.15) is 11.1 Å². The summed E-state index contributed by atoms with van der Waals surface area (Å²) in [6.45, 7) is 0. The van der Waals surface area contributed by atoms with E-state index in [9.17, 15) is 0 Å². The molecule has 0 fully saturated rings. The van der Waals surface area contributed by atoms with Crippen LogP contribution in [0.4, 0.5) is 0 Å². The van der Waals surface area contributed by atoms with Crippen LogP contribution in [0.25, 0.3) is 93.3 Å². The van der Waals surface area contributed by atoms with Crippen molar-refractivity contribution in [3.8, 4) is 33.4 Å². The van der Waals surface area contributed by atoms with Gasteiger partial charge in [-0.3, -0.25) is 0 Å². The lowest BCUT2D eigenvalue weighted by Gasteiger charge is -2.26. The summed E-state index contributed by atoms with van der Waals surface area (Å²) in [5.41, 5.74) is 9.20. The molecule has 0 saturated carbocycles. The fourth-order valence-corrected chi connectivity index (χ4v) is 9.82. The summed E-state index contributed by atoms with van der Waals surface area (Å²) in [5.74, 6) is 0.932. The highest BCUT2D eigenvalue weighted by Gasteiger charge is 2.29. The van der Waals surface area contributed by atoms with Crippen molar-refractivity contribution in [2.75, 3.05) is 0 Å². The molecule has 242 valence electrons. The molecule has 0 amide bonds. The molecule has 0 unspecified atom stereocenters. The van der Waals surface area contributed by atoms with Crippen LogP contribution in [0, 0.1) is 12.1 Å². The monoisotopic (exact) mass is 696 g/mol. The zero-order valence-corrected chi connectivity index (χ0v) is 29.6. The molecule has 2 bridgehead atoms. The quantitative estimate of drug-likeness (QED) is 0.109.